The third-order valence-electron chi connectivity index (χ3n) is 9.25. The van der Waals surface area contributed by atoms with E-state index < -0.39 is 0 Å². The molecule has 0 atom stereocenters. The predicted octanol–water partition coefficient (Wildman–Crippen LogP) is 9.05. The summed E-state index contributed by atoms with van der Waals surface area (Å²) in [6.07, 6.45) is 0. The Kier molecular flexibility index (Phi) is 8.56. The van der Waals surface area contributed by atoms with Crippen molar-refractivity contribution in [2.75, 3.05) is 35.2 Å². The lowest BCUT2D eigenvalue weighted by Gasteiger charge is -2.25. The highest BCUT2D eigenvalue weighted by Crippen LogP contribution is 2.37. The van der Waals surface area contributed by atoms with Gasteiger partial charge in [-0.3, -0.25) is 0 Å². The molecule has 0 unspecified atom stereocenters. The quantitative estimate of drug-likeness (QED) is 0.202. The fraction of sp³-hybridized carbons (Fsp3) is 0.357. The van der Waals surface area contributed by atoms with Crippen molar-refractivity contribution in [3.05, 3.63) is 124 Å². The van der Waals surface area contributed by atoms with Crippen molar-refractivity contribution in [2.45, 2.75) is 78.6 Å². The Morgan fingerprint density at radius 2 is 0.667 bits per heavy atom. The molecular formula is C42H48N6O3. The number of para-hydroxylation sites is 3. The number of hydrogen-bond donors (Lipinski definition) is 0. The second-order valence-electron chi connectivity index (χ2n) is 16.3. The maximum Gasteiger partial charge on any atom is 0.240 e. The fourth-order valence-electron chi connectivity index (χ4n) is 6.66. The van der Waals surface area contributed by atoms with E-state index in [1.54, 1.807) is 0 Å². The van der Waals surface area contributed by atoms with Crippen LogP contribution in [0.2, 0.25) is 0 Å². The van der Waals surface area contributed by atoms with Crippen molar-refractivity contribution in [2.24, 2.45) is 15.3 Å². The third-order valence-corrected chi connectivity index (χ3v) is 9.25. The molecule has 0 amide bonds. The van der Waals surface area contributed by atoms with Gasteiger partial charge in [0.05, 0.1) is 17.1 Å². The van der Waals surface area contributed by atoms with E-state index >= 15 is 0 Å². The number of hydrogen-bond acceptors (Lipinski definition) is 9. The Bertz CT molecular complexity index is 1800. The molecule has 0 saturated carbocycles. The summed E-state index contributed by atoms with van der Waals surface area (Å²) in [4.78, 5) is 0. The van der Waals surface area contributed by atoms with Gasteiger partial charge in [0.15, 0.2) is 20.2 Å². The highest BCUT2D eigenvalue weighted by molar-refractivity contribution is 6.06. The Balaban J connectivity index is 1.30. The minimum atomic E-state index is -0.0627. The van der Waals surface area contributed by atoms with Crippen LogP contribution in [0.3, 0.4) is 0 Å². The van der Waals surface area contributed by atoms with Gasteiger partial charge in [-0.1, -0.05) is 117 Å². The molecule has 0 fully saturated rings. The largest absolute Gasteiger partial charge is 0.453 e. The molecule has 9 nitrogen and oxygen atoms in total. The smallest absolute Gasteiger partial charge is 0.240 e. The van der Waals surface area contributed by atoms with Crippen LogP contribution in [-0.2, 0) is 30.5 Å². The van der Waals surface area contributed by atoms with E-state index in [0.717, 1.165) is 33.8 Å². The van der Waals surface area contributed by atoms with Crippen molar-refractivity contribution in [1.29, 1.82) is 0 Å². The Hall–Kier alpha value is -5.31. The molecule has 0 radical (unpaired) electrons. The predicted molar refractivity (Wildman–Crippen MR) is 207 cm³/mol. The van der Waals surface area contributed by atoms with Crippen LogP contribution in [0, 0.1) is 0 Å². The van der Waals surface area contributed by atoms with Crippen LogP contribution in [0.4, 0.5) is 17.1 Å². The highest BCUT2D eigenvalue weighted by Gasteiger charge is 2.31. The van der Waals surface area contributed by atoms with E-state index in [1.165, 1.54) is 16.7 Å². The van der Waals surface area contributed by atoms with E-state index in [0.29, 0.717) is 37.9 Å². The molecule has 0 aliphatic carbocycles. The molecule has 4 aromatic carbocycles. The molecule has 7 rings (SSSR count). The number of anilines is 3. The second kappa shape index (κ2) is 12.8. The number of rotatable bonds is 6. The van der Waals surface area contributed by atoms with Crippen molar-refractivity contribution in [1.82, 2.24) is 0 Å². The molecule has 3 aliphatic heterocycles. The van der Waals surface area contributed by atoms with Crippen molar-refractivity contribution in [3.63, 3.8) is 0 Å². The van der Waals surface area contributed by atoms with Gasteiger partial charge in [-0.25, -0.2) is 15.0 Å². The van der Waals surface area contributed by atoms with Crippen molar-refractivity contribution >= 4 is 34.8 Å². The SMILES string of the molecule is CC(C)(C)c1ccccc1N1COC(c2cc(C3=NN(c4ccccc4C(C)(C)C)CO3)cc(C3=NN(c4ccccc4C(C)(C)C)CO3)c2)=N1. The third kappa shape index (κ3) is 6.89. The molecule has 0 spiro atoms. The van der Waals surface area contributed by atoms with Gasteiger partial charge in [-0.2, -0.15) is 0 Å². The number of nitrogens with zero attached hydrogens (tertiary/aromatic N) is 6. The zero-order chi connectivity index (χ0) is 36.1. The van der Waals surface area contributed by atoms with Crippen LogP contribution < -0.4 is 15.0 Å². The molecule has 0 N–H and O–H groups in total. The van der Waals surface area contributed by atoms with Crippen LogP contribution in [0.15, 0.2) is 106 Å². The fourth-order valence-corrected chi connectivity index (χ4v) is 6.66. The first-order valence-corrected chi connectivity index (χ1v) is 17.6. The first-order valence-electron chi connectivity index (χ1n) is 17.6. The van der Waals surface area contributed by atoms with Crippen LogP contribution in [-0.4, -0.2) is 37.9 Å². The maximum atomic E-state index is 6.29. The molecule has 3 aliphatic rings. The minimum Gasteiger partial charge on any atom is -0.453 e. The summed E-state index contributed by atoms with van der Waals surface area (Å²) in [6.45, 7) is 20.8. The lowest BCUT2D eigenvalue weighted by atomic mass is 9.86. The average Bonchev–Trinajstić information content (AvgIpc) is 3.89. The van der Waals surface area contributed by atoms with Crippen LogP contribution >= 0.6 is 0 Å². The number of hydrazone groups is 3. The average molecular weight is 685 g/mol. The zero-order valence-corrected chi connectivity index (χ0v) is 31.2. The summed E-state index contributed by atoms with van der Waals surface area (Å²) in [7, 11) is 0. The number of benzene rings is 4. The Labute approximate surface area is 301 Å². The lowest BCUT2D eigenvalue weighted by Crippen LogP contribution is -2.20. The highest BCUT2D eigenvalue weighted by atomic mass is 16.5. The van der Waals surface area contributed by atoms with E-state index in [-0.39, 0.29) is 16.2 Å². The molecule has 4 aromatic rings. The van der Waals surface area contributed by atoms with Gasteiger partial charge in [0, 0.05) is 16.7 Å². The molecule has 0 saturated heterocycles. The normalized spacial score (nSPS) is 16.4. The van der Waals surface area contributed by atoms with Gasteiger partial charge in [-0.05, 0) is 69.3 Å². The molecular weight excluding hydrogens is 637 g/mol. The topological polar surface area (TPSA) is 74.5 Å². The van der Waals surface area contributed by atoms with Crippen LogP contribution in [0.1, 0.15) is 95.7 Å². The van der Waals surface area contributed by atoms with Gasteiger partial charge in [0.2, 0.25) is 17.7 Å². The van der Waals surface area contributed by atoms with Gasteiger partial charge in [0.25, 0.3) is 0 Å². The summed E-state index contributed by atoms with van der Waals surface area (Å²) in [6, 6.07) is 31.1. The van der Waals surface area contributed by atoms with Gasteiger partial charge in [-0.15, -0.1) is 15.3 Å². The summed E-state index contributed by atoms with van der Waals surface area (Å²) in [5.74, 6) is 1.51. The van der Waals surface area contributed by atoms with Crippen LogP contribution in [0.25, 0.3) is 0 Å². The Morgan fingerprint density at radius 3 is 0.922 bits per heavy atom. The van der Waals surface area contributed by atoms with E-state index in [4.69, 9.17) is 29.5 Å². The van der Waals surface area contributed by atoms with E-state index in [9.17, 15) is 0 Å². The summed E-state index contributed by atoms with van der Waals surface area (Å²) < 4.78 is 18.9. The molecule has 9 heteroatoms. The summed E-state index contributed by atoms with van der Waals surface area (Å²) in [5.41, 5.74) is 8.78. The first-order chi connectivity index (χ1) is 24.2. The van der Waals surface area contributed by atoms with Gasteiger partial charge < -0.3 is 14.2 Å². The lowest BCUT2D eigenvalue weighted by molar-refractivity contribution is 0.335. The van der Waals surface area contributed by atoms with Crippen molar-refractivity contribution in [3.8, 4) is 0 Å². The molecule has 0 bridgehead atoms. The molecule has 264 valence electrons. The number of ether oxygens (including phenoxy) is 3. The van der Waals surface area contributed by atoms with Gasteiger partial charge >= 0.3 is 0 Å². The summed E-state index contributed by atoms with van der Waals surface area (Å²) in [5, 5.41) is 20.7. The minimum absolute atomic E-state index is 0.0627. The summed E-state index contributed by atoms with van der Waals surface area (Å²) >= 11 is 0. The van der Waals surface area contributed by atoms with Crippen LogP contribution in [0.5, 0.6) is 0 Å². The zero-order valence-electron chi connectivity index (χ0n) is 31.2. The molecule has 3 heterocycles. The second-order valence-corrected chi connectivity index (χ2v) is 16.3. The Morgan fingerprint density at radius 1 is 0.412 bits per heavy atom. The van der Waals surface area contributed by atoms with E-state index in [2.05, 4.69) is 117 Å². The van der Waals surface area contributed by atoms with Gasteiger partial charge in [0.1, 0.15) is 0 Å². The standard InChI is InChI=1S/C42H48N6O3/c1-40(2,3)31-16-10-13-19-34(31)46-25-49-37(43-46)28-22-29(38-44-47(26-50-38)35-20-14-11-17-32(35)41(4,5)6)24-30(23-28)39-45-48(27-51-39)36-21-15-12-18-33(36)42(7,8)9/h10-24H,25-27H2,1-9H3. The monoisotopic (exact) mass is 684 g/mol. The molecule has 0 aromatic heterocycles. The van der Waals surface area contributed by atoms with E-state index in [1.807, 2.05) is 51.4 Å². The van der Waals surface area contributed by atoms with Crippen molar-refractivity contribution < 1.29 is 14.2 Å². The molecule has 51 heavy (non-hydrogen) atoms. The first kappa shape index (κ1) is 34.2. The maximum absolute atomic E-state index is 6.29.